The third kappa shape index (κ3) is 3.94. The Balaban J connectivity index is 2.06. The number of carbonyl (C=O) groups excluding carboxylic acids is 2. The number of amides is 2. The van der Waals surface area contributed by atoms with Crippen LogP contribution in [-0.2, 0) is 4.79 Å². The number of hydrogen-bond acceptors (Lipinski definition) is 4. The first-order valence-electron chi connectivity index (χ1n) is 7.69. The standard InChI is InChI=1S/C17H24N2O4/c1-18(2)16(20)12-5-7-19(8-6-12)17(21)13-9-14(22-3)11-15(10-13)23-4/h9-12H,5-8H2,1-4H3. The van der Waals surface area contributed by atoms with E-state index in [1.54, 1.807) is 56.3 Å². The van der Waals surface area contributed by atoms with Crippen LogP contribution < -0.4 is 9.47 Å². The van der Waals surface area contributed by atoms with Crippen molar-refractivity contribution in [3.63, 3.8) is 0 Å². The Bertz CT molecular complexity index is 556. The van der Waals surface area contributed by atoms with Gasteiger partial charge in [0, 0.05) is 44.7 Å². The van der Waals surface area contributed by atoms with E-state index in [-0.39, 0.29) is 17.7 Å². The van der Waals surface area contributed by atoms with Crippen molar-refractivity contribution in [2.75, 3.05) is 41.4 Å². The van der Waals surface area contributed by atoms with Crippen LogP contribution in [0.3, 0.4) is 0 Å². The Hall–Kier alpha value is -2.24. The number of piperidine rings is 1. The van der Waals surface area contributed by atoms with E-state index in [1.807, 2.05) is 0 Å². The second-order valence-corrected chi connectivity index (χ2v) is 5.90. The number of likely N-dealkylation sites (tertiary alicyclic amines) is 1. The number of methoxy groups -OCH3 is 2. The molecule has 1 heterocycles. The molecule has 0 aliphatic carbocycles. The molecule has 6 heteroatoms. The summed E-state index contributed by atoms with van der Waals surface area (Å²) in [5.74, 6) is 1.27. The molecule has 1 aliphatic heterocycles. The lowest BCUT2D eigenvalue weighted by molar-refractivity contribution is -0.134. The molecule has 0 aromatic heterocycles. The zero-order chi connectivity index (χ0) is 17.0. The minimum absolute atomic E-state index is 0.00824. The summed E-state index contributed by atoms with van der Waals surface area (Å²) in [6.45, 7) is 1.17. The molecule has 23 heavy (non-hydrogen) atoms. The molecule has 126 valence electrons. The summed E-state index contributed by atoms with van der Waals surface area (Å²) in [5, 5.41) is 0. The lowest BCUT2D eigenvalue weighted by Crippen LogP contribution is -2.42. The summed E-state index contributed by atoms with van der Waals surface area (Å²) in [7, 11) is 6.65. The van der Waals surface area contributed by atoms with Crippen LogP contribution in [0.2, 0.25) is 0 Å². The fourth-order valence-corrected chi connectivity index (χ4v) is 2.81. The van der Waals surface area contributed by atoms with E-state index in [1.165, 1.54) is 0 Å². The number of carbonyl (C=O) groups is 2. The van der Waals surface area contributed by atoms with Crippen molar-refractivity contribution in [1.82, 2.24) is 9.80 Å². The van der Waals surface area contributed by atoms with Crippen LogP contribution in [0.1, 0.15) is 23.2 Å². The Labute approximate surface area is 137 Å². The molecule has 2 rings (SSSR count). The minimum atomic E-state index is -0.0575. The summed E-state index contributed by atoms with van der Waals surface area (Å²) >= 11 is 0. The van der Waals surface area contributed by atoms with E-state index in [2.05, 4.69) is 0 Å². The van der Waals surface area contributed by atoms with Gasteiger partial charge in [-0.15, -0.1) is 0 Å². The van der Waals surface area contributed by atoms with Crippen molar-refractivity contribution in [2.45, 2.75) is 12.8 Å². The quantitative estimate of drug-likeness (QED) is 0.846. The zero-order valence-electron chi connectivity index (χ0n) is 14.2. The molecule has 0 radical (unpaired) electrons. The Kier molecular flexibility index (Phi) is 5.47. The van der Waals surface area contributed by atoms with Crippen LogP contribution in [0.25, 0.3) is 0 Å². The number of nitrogens with zero attached hydrogens (tertiary/aromatic N) is 2. The average molecular weight is 320 g/mol. The average Bonchev–Trinajstić information content (AvgIpc) is 2.59. The van der Waals surface area contributed by atoms with E-state index >= 15 is 0 Å². The van der Waals surface area contributed by atoms with Gasteiger partial charge in [-0.1, -0.05) is 0 Å². The monoisotopic (exact) mass is 320 g/mol. The maximum Gasteiger partial charge on any atom is 0.254 e. The van der Waals surface area contributed by atoms with Gasteiger partial charge in [0.2, 0.25) is 5.91 Å². The van der Waals surface area contributed by atoms with Crippen molar-refractivity contribution in [2.24, 2.45) is 5.92 Å². The number of ether oxygens (including phenoxy) is 2. The predicted octanol–water partition coefficient (Wildman–Crippen LogP) is 1.64. The fraction of sp³-hybridized carbons (Fsp3) is 0.529. The van der Waals surface area contributed by atoms with Gasteiger partial charge in [-0.3, -0.25) is 9.59 Å². The first-order chi connectivity index (χ1) is 11.0. The molecule has 0 bridgehead atoms. The molecule has 0 atom stereocenters. The van der Waals surface area contributed by atoms with Gasteiger partial charge < -0.3 is 19.3 Å². The van der Waals surface area contributed by atoms with Gasteiger partial charge in [0.15, 0.2) is 0 Å². The molecular weight excluding hydrogens is 296 g/mol. The third-order valence-electron chi connectivity index (χ3n) is 4.17. The maximum atomic E-state index is 12.7. The van der Waals surface area contributed by atoms with Gasteiger partial charge in [0.25, 0.3) is 5.91 Å². The van der Waals surface area contributed by atoms with Crippen LogP contribution in [0.15, 0.2) is 18.2 Å². The highest BCUT2D eigenvalue weighted by Crippen LogP contribution is 2.25. The van der Waals surface area contributed by atoms with Crippen molar-refractivity contribution < 1.29 is 19.1 Å². The van der Waals surface area contributed by atoms with Gasteiger partial charge in [-0.2, -0.15) is 0 Å². The second kappa shape index (κ2) is 7.35. The summed E-state index contributed by atoms with van der Waals surface area (Å²) in [5.41, 5.74) is 0.540. The Morgan fingerprint density at radius 1 is 1.04 bits per heavy atom. The second-order valence-electron chi connectivity index (χ2n) is 5.90. The van der Waals surface area contributed by atoms with E-state index in [0.29, 0.717) is 43.0 Å². The number of rotatable bonds is 4. The molecule has 0 N–H and O–H groups in total. The van der Waals surface area contributed by atoms with Crippen LogP contribution in [-0.4, -0.2) is 63.0 Å². The number of benzene rings is 1. The first-order valence-corrected chi connectivity index (χ1v) is 7.69. The van der Waals surface area contributed by atoms with E-state index in [9.17, 15) is 9.59 Å². The highest BCUT2D eigenvalue weighted by atomic mass is 16.5. The molecule has 6 nitrogen and oxygen atoms in total. The normalized spacial score (nSPS) is 15.2. The van der Waals surface area contributed by atoms with Gasteiger partial charge in [-0.25, -0.2) is 0 Å². The molecular formula is C17H24N2O4. The van der Waals surface area contributed by atoms with E-state index in [0.717, 1.165) is 0 Å². The molecule has 2 amide bonds. The molecule has 1 aliphatic rings. The Morgan fingerprint density at radius 2 is 1.57 bits per heavy atom. The molecule has 1 aromatic rings. The number of hydrogen-bond donors (Lipinski definition) is 0. The summed E-state index contributed by atoms with van der Waals surface area (Å²) < 4.78 is 10.4. The lowest BCUT2D eigenvalue weighted by atomic mass is 9.95. The lowest BCUT2D eigenvalue weighted by Gasteiger charge is -2.32. The molecule has 0 saturated carbocycles. The van der Waals surface area contributed by atoms with Gasteiger partial charge >= 0.3 is 0 Å². The highest BCUT2D eigenvalue weighted by molar-refractivity contribution is 5.95. The van der Waals surface area contributed by atoms with Crippen molar-refractivity contribution >= 4 is 11.8 Å². The third-order valence-corrected chi connectivity index (χ3v) is 4.17. The van der Waals surface area contributed by atoms with Gasteiger partial charge in [0.05, 0.1) is 14.2 Å². The van der Waals surface area contributed by atoms with Crippen LogP contribution in [0, 0.1) is 5.92 Å². The summed E-state index contributed by atoms with van der Waals surface area (Å²) in [4.78, 5) is 28.1. The molecule has 1 saturated heterocycles. The van der Waals surface area contributed by atoms with Gasteiger partial charge in [-0.05, 0) is 25.0 Å². The minimum Gasteiger partial charge on any atom is -0.497 e. The SMILES string of the molecule is COc1cc(OC)cc(C(=O)N2CCC(C(=O)N(C)C)CC2)c1. The van der Waals surface area contributed by atoms with Crippen LogP contribution >= 0.6 is 0 Å². The van der Waals surface area contributed by atoms with Crippen molar-refractivity contribution in [1.29, 1.82) is 0 Å². The van der Waals surface area contributed by atoms with Crippen LogP contribution in [0.5, 0.6) is 11.5 Å². The molecule has 0 unspecified atom stereocenters. The van der Waals surface area contributed by atoms with Crippen molar-refractivity contribution in [3.8, 4) is 11.5 Å². The summed E-state index contributed by atoms with van der Waals surface area (Å²) in [6.07, 6.45) is 1.40. The van der Waals surface area contributed by atoms with Crippen LogP contribution in [0.4, 0.5) is 0 Å². The predicted molar refractivity (Wildman–Crippen MR) is 86.9 cm³/mol. The van der Waals surface area contributed by atoms with E-state index < -0.39 is 0 Å². The smallest absolute Gasteiger partial charge is 0.254 e. The first kappa shape index (κ1) is 17.1. The highest BCUT2D eigenvalue weighted by Gasteiger charge is 2.28. The van der Waals surface area contributed by atoms with E-state index in [4.69, 9.17) is 9.47 Å². The summed E-state index contributed by atoms with van der Waals surface area (Å²) in [6, 6.07) is 5.16. The zero-order valence-corrected chi connectivity index (χ0v) is 14.2. The largest absolute Gasteiger partial charge is 0.497 e. The maximum absolute atomic E-state index is 12.7. The molecule has 1 fully saturated rings. The molecule has 1 aromatic carbocycles. The van der Waals surface area contributed by atoms with Crippen molar-refractivity contribution in [3.05, 3.63) is 23.8 Å². The topological polar surface area (TPSA) is 59.1 Å². The Morgan fingerprint density at radius 3 is 2.00 bits per heavy atom. The van der Waals surface area contributed by atoms with Gasteiger partial charge in [0.1, 0.15) is 11.5 Å². The molecule has 0 spiro atoms. The fourth-order valence-electron chi connectivity index (χ4n) is 2.81.